The van der Waals surface area contributed by atoms with Crippen molar-refractivity contribution in [2.24, 2.45) is 0 Å². The maximum atomic E-state index is 12.1. The second-order valence-corrected chi connectivity index (χ2v) is 7.02. The molecular weight excluding hydrogens is 388 g/mol. The lowest BCUT2D eigenvalue weighted by Crippen LogP contribution is -2.15. The number of hydrogen-bond donors (Lipinski definition) is 2. The summed E-state index contributed by atoms with van der Waals surface area (Å²) in [5.41, 5.74) is 1.36. The zero-order valence-corrected chi connectivity index (χ0v) is 16.1. The molecule has 3 rings (SSSR count). The Kier molecular flexibility index (Phi) is 6.09. The zero-order chi connectivity index (χ0) is 19.2. The molecule has 0 radical (unpaired) electrons. The minimum absolute atomic E-state index is 0.0769. The fourth-order valence-electron chi connectivity index (χ4n) is 2.10. The Labute approximate surface area is 163 Å². The van der Waals surface area contributed by atoms with Crippen LogP contribution >= 0.6 is 23.1 Å². The van der Waals surface area contributed by atoms with Crippen molar-refractivity contribution in [2.75, 3.05) is 25.3 Å². The van der Waals surface area contributed by atoms with Crippen LogP contribution in [0, 0.1) is 0 Å². The summed E-state index contributed by atoms with van der Waals surface area (Å²) < 4.78 is 10.1. The molecule has 1 amide bonds. The summed E-state index contributed by atoms with van der Waals surface area (Å²) in [6.45, 7) is 0. The summed E-state index contributed by atoms with van der Waals surface area (Å²) in [4.78, 5) is 34.6. The number of aromatic nitrogens is 3. The first-order valence-corrected chi connectivity index (χ1v) is 9.62. The smallest absolute Gasteiger partial charge is 0.255 e. The number of ether oxygens (including phenoxy) is 2. The van der Waals surface area contributed by atoms with Gasteiger partial charge in [0.25, 0.3) is 5.56 Å². The van der Waals surface area contributed by atoms with Gasteiger partial charge < -0.3 is 19.8 Å². The van der Waals surface area contributed by atoms with Crippen molar-refractivity contribution in [2.45, 2.75) is 5.16 Å². The van der Waals surface area contributed by atoms with Gasteiger partial charge >= 0.3 is 0 Å². The highest BCUT2D eigenvalue weighted by molar-refractivity contribution is 7.99. The minimum Gasteiger partial charge on any atom is -0.497 e. The Bertz CT molecular complexity index is 985. The van der Waals surface area contributed by atoms with E-state index in [1.807, 2.05) is 29.6 Å². The number of nitrogens with zero attached hydrogens (tertiary/aromatic N) is 2. The molecule has 0 saturated carbocycles. The summed E-state index contributed by atoms with van der Waals surface area (Å²) in [6.07, 6.45) is 0. The number of rotatable bonds is 7. The standard InChI is InChI=1S/C17H16N4O4S2/c1-24-11-5-3-10(4-6-11)12-8-26-16(18-12)20-14(23)9-27-17-19-13(22)7-15(21-17)25-2/h3-8H,9H2,1-2H3,(H,18,20,23)(H,19,21,22). The van der Waals surface area contributed by atoms with Gasteiger partial charge in [-0.1, -0.05) is 11.8 Å². The van der Waals surface area contributed by atoms with Gasteiger partial charge in [0.1, 0.15) is 5.75 Å². The van der Waals surface area contributed by atoms with Crippen LogP contribution in [0.3, 0.4) is 0 Å². The van der Waals surface area contributed by atoms with E-state index in [0.717, 1.165) is 28.8 Å². The van der Waals surface area contributed by atoms with E-state index in [1.54, 1.807) is 7.11 Å². The van der Waals surface area contributed by atoms with Gasteiger partial charge in [-0.2, -0.15) is 4.98 Å². The van der Waals surface area contributed by atoms with Gasteiger partial charge in [0.15, 0.2) is 10.3 Å². The van der Waals surface area contributed by atoms with Crippen LogP contribution in [-0.4, -0.2) is 40.8 Å². The fourth-order valence-corrected chi connectivity index (χ4v) is 3.50. The van der Waals surface area contributed by atoms with E-state index in [2.05, 4.69) is 20.3 Å². The number of carbonyl (C=O) groups excluding carboxylic acids is 1. The van der Waals surface area contributed by atoms with Crippen molar-refractivity contribution in [1.82, 2.24) is 15.0 Å². The molecule has 0 spiro atoms. The van der Waals surface area contributed by atoms with Crippen molar-refractivity contribution in [3.8, 4) is 22.9 Å². The zero-order valence-electron chi connectivity index (χ0n) is 14.5. The van der Waals surface area contributed by atoms with Gasteiger partial charge in [0.2, 0.25) is 11.8 Å². The number of carbonyl (C=O) groups is 1. The van der Waals surface area contributed by atoms with Crippen LogP contribution in [0.2, 0.25) is 0 Å². The van der Waals surface area contributed by atoms with Gasteiger partial charge in [0, 0.05) is 10.9 Å². The van der Waals surface area contributed by atoms with Crippen molar-refractivity contribution >= 4 is 34.1 Å². The van der Waals surface area contributed by atoms with Crippen molar-refractivity contribution in [3.63, 3.8) is 0 Å². The molecule has 3 aromatic rings. The Balaban J connectivity index is 1.59. The molecule has 0 aliphatic heterocycles. The average molecular weight is 404 g/mol. The molecule has 140 valence electrons. The lowest BCUT2D eigenvalue weighted by Gasteiger charge is -2.03. The van der Waals surface area contributed by atoms with E-state index in [9.17, 15) is 9.59 Å². The van der Waals surface area contributed by atoms with E-state index >= 15 is 0 Å². The van der Waals surface area contributed by atoms with Gasteiger partial charge in [-0.25, -0.2) is 4.98 Å². The van der Waals surface area contributed by atoms with Crippen molar-refractivity contribution in [1.29, 1.82) is 0 Å². The third kappa shape index (κ3) is 5.08. The lowest BCUT2D eigenvalue weighted by molar-refractivity contribution is -0.113. The van der Waals surface area contributed by atoms with Crippen LogP contribution < -0.4 is 20.3 Å². The number of aromatic amines is 1. The third-order valence-corrected chi connectivity index (χ3v) is 5.01. The highest BCUT2D eigenvalue weighted by Gasteiger charge is 2.10. The quantitative estimate of drug-likeness (QED) is 0.460. The van der Waals surface area contributed by atoms with Crippen LogP contribution in [0.15, 0.2) is 45.7 Å². The monoisotopic (exact) mass is 404 g/mol. The molecule has 8 nitrogen and oxygen atoms in total. The summed E-state index contributed by atoms with van der Waals surface area (Å²) >= 11 is 2.44. The molecule has 0 saturated heterocycles. The molecule has 0 aliphatic rings. The predicted molar refractivity (Wildman–Crippen MR) is 105 cm³/mol. The Morgan fingerprint density at radius 2 is 2.00 bits per heavy atom. The average Bonchev–Trinajstić information content (AvgIpc) is 3.14. The summed E-state index contributed by atoms with van der Waals surface area (Å²) in [5, 5.41) is 5.42. The molecule has 27 heavy (non-hydrogen) atoms. The third-order valence-electron chi connectivity index (χ3n) is 3.38. The maximum Gasteiger partial charge on any atom is 0.255 e. The number of amides is 1. The van der Waals surface area contributed by atoms with E-state index in [-0.39, 0.29) is 23.1 Å². The van der Waals surface area contributed by atoms with E-state index in [0.29, 0.717) is 10.3 Å². The second-order valence-electron chi connectivity index (χ2n) is 5.20. The van der Waals surface area contributed by atoms with Crippen LogP contribution in [0.5, 0.6) is 11.6 Å². The number of nitrogens with one attached hydrogen (secondary N) is 2. The van der Waals surface area contributed by atoms with E-state index in [1.165, 1.54) is 24.5 Å². The number of hydrogen-bond acceptors (Lipinski definition) is 8. The summed E-state index contributed by atoms with van der Waals surface area (Å²) in [5.74, 6) is 0.795. The fraction of sp³-hybridized carbons (Fsp3) is 0.176. The molecule has 0 bridgehead atoms. The predicted octanol–water partition coefficient (Wildman–Crippen LogP) is 2.64. The molecule has 2 aromatic heterocycles. The Morgan fingerprint density at radius 1 is 1.22 bits per heavy atom. The van der Waals surface area contributed by atoms with Crippen LogP contribution in [0.1, 0.15) is 0 Å². The highest BCUT2D eigenvalue weighted by atomic mass is 32.2. The van der Waals surface area contributed by atoms with Crippen LogP contribution in [0.4, 0.5) is 5.13 Å². The molecule has 1 aromatic carbocycles. The molecule has 0 atom stereocenters. The highest BCUT2D eigenvalue weighted by Crippen LogP contribution is 2.26. The molecular formula is C17H16N4O4S2. The number of anilines is 1. The molecule has 10 heteroatoms. The van der Waals surface area contributed by atoms with Crippen molar-refractivity contribution < 1.29 is 14.3 Å². The molecule has 2 N–H and O–H groups in total. The summed E-state index contributed by atoms with van der Waals surface area (Å²) in [7, 11) is 3.03. The number of H-pyrrole nitrogens is 1. The number of benzene rings is 1. The first-order chi connectivity index (χ1) is 13.1. The van der Waals surface area contributed by atoms with Crippen LogP contribution in [0.25, 0.3) is 11.3 Å². The SMILES string of the molecule is COc1ccc(-c2csc(NC(=O)CSc3nc(OC)cc(=O)[nH]3)n2)cc1. The minimum atomic E-state index is -0.339. The number of thiazole rings is 1. The van der Waals surface area contributed by atoms with Gasteiger partial charge in [-0.05, 0) is 24.3 Å². The molecule has 0 aliphatic carbocycles. The molecule has 0 fully saturated rings. The van der Waals surface area contributed by atoms with Crippen LogP contribution in [-0.2, 0) is 4.79 Å². The number of methoxy groups -OCH3 is 2. The normalized spacial score (nSPS) is 10.4. The first-order valence-electron chi connectivity index (χ1n) is 7.75. The molecule has 2 heterocycles. The van der Waals surface area contributed by atoms with Crippen molar-refractivity contribution in [3.05, 3.63) is 46.1 Å². The number of thioether (sulfide) groups is 1. The Hall–Kier alpha value is -2.85. The molecule has 0 unspecified atom stereocenters. The second kappa shape index (κ2) is 8.69. The van der Waals surface area contributed by atoms with Gasteiger partial charge in [0.05, 0.1) is 31.7 Å². The Morgan fingerprint density at radius 3 is 2.70 bits per heavy atom. The van der Waals surface area contributed by atoms with Gasteiger partial charge in [-0.3, -0.25) is 9.59 Å². The van der Waals surface area contributed by atoms with E-state index in [4.69, 9.17) is 9.47 Å². The van der Waals surface area contributed by atoms with E-state index < -0.39 is 0 Å². The lowest BCUT2D eigenvalue weighted by atomic mass is 10.2. The topological polar surface area (TPSA) is 106 Å². The van der Waals surface area contributed by atoms with Gasteiger partial charge in [-0.15, -0.1) is 11.3 Å². The summed E-state index contributed by atoms with van der Waals surface area (Å²) in [6, 6.07) is 8.75. The first kappa shape index (κ1) is 18.9. The maximum absolute atomic E-state index is 12.1. The largest absolute Gasteiger partial charge is 0.497 e.